The second kappa shape index (κ2) is 6.39. The zero-order valence-corrected chi connectivity index (χ0v) is 11.0. The molecular weight excluding hydrogens is 234 g/mol. The monoisotopic (exact) mass is 253 g/mol. The maximum Gasteiger partial charge on any atom is 0.0718 e. The van der Waals surface area contributed by atoms with Crippen LogP contribution in [0.3, 0.4) is 0 Å². The van der Waals surface area contributed by atoms with E-state index in [2.05, 4.69) is 12.2 Å². The summed E-state index contributed by atoms with van der Waals surface area (Å²) in [5.74, 6) is 0.905. The highest BCUT2D eigenvalue weighted by molar-refractivity contribution is 6.30. The van der Waals surface area contributed by atoms with Gasteiger partial charge in [-0.1, -0.05) is 23.7 Å². The van der Waals surface area contributed by atoms with Crippen molar-refractivity contribution < 1.29 is 4.74 Å². The van der Waals surface area contributed by atoms with Gasteiger partial charge in [-0.15, -0.1) is 0 Å². The minimum Gasteiger partial charge on any atom is -0.375 e. The molecule has 1 N–H and O–H groups in total. The van der Waals surface area contributed by atoms with E-state index in [1.54, 1.807) is 0 Å². The zero-order chi connectivity index (χ0) is 12.1. The summed E-state index contributed by atoms with van der Waals surface area (Å²) in [6, 6.07) is 8.46. The fraction of sp³-hybridized carbons (Fsp3) is 0.571. The molecule has 94 valence electrons. The Bertz CT molecular complexity index is 352. The van der Waals surface area contributed by atoms with E-state index in [1.165, 1.54) is 12.8 Å². The third-order valence-corrected chi connectivity index (χ3v) is 3.43. The molecule has 1 aliphatic carbocycles. The van der Waals surface area contributed by atoms with Crippen LogP contribution in [0.2, 0.25) is 5.02 Å². The van der Waals surface area contributed by atoms with E-state index >= 15 is 0 Å². The van der Waals surface area contributed by atoms with Crippen molar-refractivity contribution in [1.82, 2.24) is 5.32 Å². The zero-order valence-electron chi connectivity index (χ0n) is 10.3. The molecule has 0 radical (unpaired) electrons. The van der Waals surface area contributed by atoms with Crippen molar-refractivity contribution in [1.29, 1.82) is 0 Å². The summed E-state index contributed by atoms with van der Waals surface area (Å²) >= 11 is 5.90. The Morgan fingerprint density at radius 1 is 1.47 bits per heavy atom. The van der Waals surface area contributed by atoms with Gasteiger partial charge in [0.15, 0.2) is 0 Å². The van der Waals surface area contributed by atoms with Gasteiger partial charge in [-0.25, -0.2) is 0 Å². The van der Waals surface area contributed by atoms with Crippen molar-refractivity contribution >= 4 is 11.6 Å². The van der Waals surface area contributed by atoms with Crippen molar-refractivity contribution in [3.63, 3.8) is 0 Å². The largest absolute Gasteiger partial charge is 0.375 e. The molecule has 0 spiro atoms. The minimum absolute atomic E-state index is 0.639. The van der Waals surface area contributed by atoms with E-state index in [4.69, 9.17) is 16.3 Å². The highest BCUT2D eigenvalue weighted by Gasteiger charge is 2.27. The summed E-state index contributed by atoms with van der Waals surface area (Å²) in [5, 5.41) is 4.26. The molecule has 17 heavy (non-hydrogen) atoms. The summed E-state index contributed by atoms with van der Waals surface area (Å²) in [6.45, 7) is 4.58. The van der Waals surface area contributed by atoms with Crippen LogP contribution in [0.15, 0.2) is 24.3 Å². The van der Waals surface area contributed by atoms with E-state index in [0.717, 1.165) is 29.7 Å². The van der Waals surface area contributed by atoms with Crippen LogP contribution in [-0.4, -0.2) is 19.2 Å². The van der Waals surface area contributed by atoms with Gasteiger partial charge in [-0.05, 0) is 43.4 Å². The van der Waals surface area contributed by atoms with Crippen LogP contribution in [-0.2, 0) is 11.3 Å². The van der Waals surface area contributed by atoms with Crippen molar-refractivity contribution in [2.45, 2.75) is 32.4 Å². The standard InChI is InChI=1S/C14H20ClNO/c1-11(13-5-6-13)16-7-8-17-10-12-3-2-4-14(15)9-12/h2-4,9,11,13,16H,5-8,10H2,1H3. The van der Waals surface area contributed by atoms with Crippen LogP contribution in [0.5, 0.6) is 0 Å². The third kappa shape index (κ3) is 4.66. The van der Waals surface area contributed by atoms with Crippen LogP contribution in [0.1, 0.15) is 25.3 Å². The maximum atomic E-state index is 5.90. The normalized spacial score (nSPS) is 17.1. The lowest BCUT2D eigenvalue weighted by Crippen LogP contribution is -2.30. The Morgan fingerprint density at radius 2 is 2.29 bits per heavy atom. The first kappa shape index (κ1) is 12.9. The number of hydrogen-bond acceptors (Lipinski definition) is 2. The van der Waals surface area contributed by atoms with Crippen molar-refractivity contribution in [3.05, 3.63) is 34.9 Å². The first-order valence-corrected chi connectivity index (χ1v) is 6.69. The van der Waals surface area contributed by atoms with Gasteiger partial charge in [0.2, 0.25) is 0 Å². The predicted octanol–water partition coefficient (Wildman–Crippen LogP) is 3.24. The fourth-order valence-corrected chi connectivity index (χ4v) is 2.15. The Balaban J connectivity index is 1.56. The first-order valence-electron chi connectivity index (χ1n) is 6.31. The van der Waals surface area contributed by atoms with Crippen LogP contribution in [0.25, 0.3) is 0 Å². The number of rotatable bonds is 7. The molecule has 0 aliphatic heterocycles. The predicted molar refractivity (Wildman–Crippen MR) is 71.3 cm³/mol. The molecule has 2 rings (SSSR count). The highest BCUT2D eigenvalue weighted by Crippen LogP contribution is 2.32. The smallest absolute Gasteiger partial charge is 0.0718 e. The summed E-state index contributed by atoms with van der Waals surface area (Å²) in [5.41, 5.74) is 1.13. The maximum absolute atomic E-state index is 5.90. The summed E-state index contributed by atoms with van der Waals surface area (Å²) in [7, 11) is 0. The number of halogens is 1. The molecule has 1 atom stereocenters. The van der Waals surface area contributed by atoms with E-state index < -0.39 is 0 Å². The lowest BCUT2D eigenvalue weighted by atomic mass is 10.2. The average molecular weight is 254 g/mol. The van der Waals surface area contributed by atoms with Gasteiger partial charge in [0, 0.05) is 17.6 Å². The molecule has 0 bridgehead atoms. The van der Waals surface area contributed by atoms with Crippen molar-refractivity contribution in [2.24, 2.45) is 5.92 Å². The number of hydrogen-bond donors (Lipinski definition) is 1. The van der Waals surface area contributed by atoms with Gasteiger partial charge in [0.05, 0.1) is 13.2 Å². The molecule has 0 aromatic heterocycles. The van der Waals surface area contributed by atoms with Gasteiger partial charge >= 0.3 is 0 Å². The number of ether oxygens (including phenoxy) is 1. The SMILES string of the molecule is CC(NCCOCc1cccc(Cl)c1)C1CC1. The van der Waals surface area contributed by atoms with Crippen molar-refractivity contribution in [2.75, 3.05) is 13.2 Å². The van der Waals surface area contributed by atoms with E-state index in [1.807, 2.05) is 24.3 Å². The van der Waals surface area contributed by atoms with Gasteiger partial charge in [0.1, 0.15) is 0 Å². The Hall–Kier alpha value is -0.570. The minimum atomic E-state index is 0.639. The third-order valence-electron chi connectivity index (χ3n) is 3.20. The van der Waals surface area contributed by atoms with Gasteiger partial charge in [-0.3, -0.25) is 0 Å². The summed E-state index contributed by atoms with van der Waals surface area (Å²) in [4.78, 5) is 0. The highest BCUT2D eigenvalue weighted by atomic mass is 35.5. The van der Waals surface area contributed by atoms with Crippen LogP contribution in [0, 0.1) is 5.92 Å². The Kier molecular flexibility index (Phi) is 4.84. The summed E-state index contributed by atoms with van der Waals surface area (Å²) in [6.07, 6.45) is 2.77. The van der Waals surface area contributed by atoms with Crippen molar-refractivity contribution in [3.8, 4) is 0 Å². The van der Waals surface area contributed by atoms with E-state index in [-0.39, 0.29) is 0 Å². The lowest BCUT2D eigenvalue weighted by molar-refractivity contribution is 0.120. The number of nitrogens with one attached hydrogen (secondary N) is 1. The number of benzene rings is 1. The Labute approximate surface area is 108 Å². The second-order valence-electron chi connectivity index (χ2n) is 4.76. The molecule has 0 heterocycles. The molecule has 3 heteroatoms. The topological polar surface area (TPSA) is 21.3 Å². The fourth-order valence-electron chi connectivity index (χ4n) is 1.94. The molecule has 0 saturated heterocycles. The average Bonchev–Trinajstić information content (AvgIpc) is 3.12. The van der Waals surface area contributed by atoms with Crippen LogP contribution in [0.4, 0.5) is 0 Å². The van der Waals surface area contributed by atoms with Gasteiger partial charge in [-0.2, -0.15) is 0 Å². The van der Waals surface area contributed by atoms with Crippen LogP contribution >= 0.6 is 11.6 Å². The molecule has 1 aromatic carbocycles. The molecule has 1 fully saturated rings. The van der Waals surface area contributed by atoms with Gasteiger partial charge < -0.3 is 10.1 Å². The van der Waals surface area contributed by atoms with E-state index in [0.29, 0.717) is 12.6 Å². The van der Waals surface area contributed by atoms with Crippen LogP contribution < -0.4 is 5.32 Å². The van der Waals surface area contributed by atoms with E-state index in [9.17, 15) is 0 Å². The first-order chi connectivity index (χ1) is 8.25. The molecule has 0 amide bonds. The molecular formula is C14H20ClNO. The molecule has 1 aromatic rings. The lowest BCUT2D eigenvalue weighted by Gasteiger charge is -2.12. The molecule has 1 unspecified atom stereocenters. The molecule has 2 nitrogen and oxygen atoms in total. The summed E-state index contributed by atoms with van der Waals surface area (Å²) < 4.78 is 5.60. The second-order valence-corrected chi connectivity index (χ2v) is 5.20. The van der Waals surface area contributed by atoms with Gasteiger partial charge in [0.25, 0.3) is 0 Å². The molecule has 1 aliphatic rings. The quantitative estimate of drug-likeness (QED) is 0.754. The Morgan fingerprint density at radius 3 is 3.00 bits per heavy atom. The molecule has 1 saturated carbocycles.